The van der Waals surface area contributed by atoms with Gasteiger partial charge in [-0.3, -0.25) is 14.3 Å². The maximum Gasteiger partial charge on any atom is 0.272 e. The summed E-state index contributed by atoms with van der Waals surface area (Å²) in [5, 5.41) is 6.46. The molecule has 10 heteroatoms. The molecule has 0 fully saturated rings. The Hall–Kier alpha value is -3.50. The fourth-order valence-corrected chi connectivity index (χ4v) is 4.78. The predicted octanol–water partition coefficient (Wildman–Crippen LogP) is 4.25. The van der Waals surface area contributed by atoms with Crippen molar-refractivity contribution < 1.29 is 9.26 Å². The van der Waals surface area contributed by atoms with Crippen molar-refractivity contribution in [3.63, 3.8) is 0 Å². The molecule has 8 nitrogen and oxygen atoms in total. The number of nitrogens with zero attached hydrogens (tertiary/aromatic N) is 5. The van der Waals surface area contributed by atoms with Gasteiger partial charge in [-0.15, -0.1) is 11.3 Å². The van der Waals surface area contributed by atoms with Crippen LogP contribution in [0.15, 0.2) is 74.6 Å². The number of pyridine rings is 1. The quantitative estimate of drug-likeness (QED) is 0.261. The van der Waals surface area contributed by atoms with E-state index in [2.05, 4.69) is 15.1 Å². The lowest BCUT2D eigenvalue weighted by molar-refractivity contribution is 0.391. The zero-order chi connectivity index (χ0) is 21.9. The number of fused-ring (bicyclic) bond motifs is 1. The molecule has 5 aromatic rings. The Morgan fingerprint density at radius 3 is 2.94 bits per heavy atom. The maximum absolute atomic E-state index is 13.2. The average Bonchev–Trinajstić information content (AvgIpc) is 3.50. The van der Waals surface area contributed by atoms with Crippen molar-refractivity contribution in [1.82, 2.24) is 24.7 Å². The second-order valence-electron chi connectivity index (χ2n) is 6.79. The number of benzene rings is 1. The van der Waals surface area contributed by atoms with E-state index in [1.54, 1.807) is 17.9 Å². The number of methoxy groups -OCH3 is 1. The summed E-state index contributed by atoms with van der Waals surface area (Å²) in [5.41, 5.74) is 2.20. The van der Waals surface area contributed by atoms with E-state index in [9.17, 15) is 4.79 Å². The van der Waals surface area contributed by atoms with Crippen molar-refractivity contribution in [3.05, 3.63) is 81.9 Å². The van der Waals surface area contributed by atoms with E-state index in [-0.39, 0.29) is 5.56 Å². The van der Waals surface area contributed by atoms with Gasteiger partial charge in [0.1, 0.15) is 16.1 Å². The molecule has 0 bridgehead atoms. The molecular formula is C22H17N5O3S2. The van der Waals surface area contributed by atoms with Gasteiger partial charge in [0, 0.05) is 6.20 Å². The molecule has 0 saturated carbocycles. The first-order valence-electron chi connectivity index (χ1n) is 9.69. The van der Waals surface area contributed by atoms with Crippen LogP contribution in [-0.4, -0.2) is 31.8 Å². The molecule has 0 unspecified atom stereocenters. The monoisotopic (exact) mass is 463 g/mol. The summed E-state index contributed by atoms with van der Waals surface area (Å²) in [6.07, 6.45) is 1.68. The molecule has 1 aromatic carbocycles. The van der Waals surface area contributed by atoms with Crippen molar-refractivity contribution >= 4 is 33.3 Å². The molecule has 4 heterocycles. The standard InChI is InChI=1S/C22H17N5O3S2/c1-29-15-6-4-5-14(11-15)12-27-21(28)19-16(8-10-31-19)24-22(27)32-13-18-25-20(26-30-18)17-7-2-3-9-23-17/h2-11H,12-13H2,1H3. The Morgan fingerprint density at radius 2 is 2.09 bits per heavy atom. The lowest BCUT2D eigenvalue weighted by Crippen LogP contribution is -2.23. The third-order valence-corrected chi connectivity index (χ3v) is 6.55. The summed E-state index contributed by atoms with van der Waals surface area (Å²) >= 11 is 2.77. The lowest BCUT2D eigenvalue weighted by atomic mass is 10.2. The number of rotatable bonds is 7. The number of thiophene rings is 1. The van der Waals surface area contributed by atoms with Gasteiger partial charge in [0.25, 0.3) is 5.56 Å². The highest BCUT2D eigenvalue weighted by Crippen LogP contribution is 2.25. The van der Waals surface area contributed by atoms with Crippen molar-refractivity contribution in [2.24, 2.45) is 0 Å². The van der Waals surface area contributed by atoms with Gasteiger partial charge in [0.15, 0.2) is 5.16 Å². The fraction of sp³-hybridized carbons (Fsp3) is 0.136. The van der Waals surface area contributed by atoms with Gasteiger partial charge in [0.05, 0.1) is 24.9 Å². The van der Waals surface area contributed by atoms with Gasteiger partial charge in [-0.1, -0.05) is 35.1 Å². The van der Waals surface area contributed by atoms with Gasteiger partial charge in [-0.2, -0.15) is 4.98 Å². The van der Waals surface area contributed by atoms with Gasteiger partial charge < -0.3 is 9.26 Å². The molecule has 0 aliphatic rings. The molecule has 0 N–H and O–H groups in total. The molecule has 0 radical (unpaired) electrons. The van der Waals surface area contributed by atoms with Crippen LogP contribution in [-0.2, 0) is 12.3 Å². The molecular weight excluding hydrogens is 446 g/mol. The zero-order valence-corrected chi connectivity index (χ0v) is 18.6. The minimum Gasteiger partial charge on any atom is -0.497 e. The first kappa shape index (κ1) is 20.4. The Balaban J connectivity index is 1.44. The fourth-order valence-electron chi connectivity index (χ4n) is 3.17. The topological polar surface area (TPSA) is 95.9 Å². The maximum atomic E-state index is 13.2. The Labute approximate surface area is 190 Å². The van der Waals surface area contributed by atoms with Crippen LogP contribution in [0, 0.1) is 0 Å². The van der Waals surface area contributed by atoms with E-state index in [1.165, 1.54) is 23.1 Å². The smallest absolute Gasteiger partial charge is 0.272 e. The summed E-state index contributed by atoms with van der Waals surface area (Å²) in [6, 6.07) is 15.0. The van der Waals surface area contributed by atoms with Crippen LogP contribution in [0.25, 0.3) is 21.7 Å². The molecule has 0 spiro atoms. The molecule has 0 aliphatic carbocycles. The predicted molar refractivity (Wildman–Crippen MR) is 123 cm³/mol. The van der Waals surface area contributed by atoms with Crippen LogP contribution >= 0.6 is 23.1 Å². The molecule has 0 atom stereocenters. The minimum absolute atomic E-state index is 0.0741. The van der Waals surface area contributed by atoms with Gasteiger partial charge >= 0.3 is 0 Å². The van der Waals surface area contributed by atoms with Crippen molar-refractivity contribution in [1.29, 1.82) is 0 Å². The van der Waals surface area contributed by atoms with E-state index in [0.717, 1.165) is 11.3 Å². The Morgan fingerprint density at radius 1 is 1.16 bits per heavy atom. The SMILES string of the molecule is COc1cccc(Cn2c(SCc3nc(-c4ccccn4)no3)nc3ccsc3c2=O)c1. The summed E-state index contributed by atoms with van der Waals surface area (Å²) in [6.45, 7) is 0.377. The third-order valence-electron chi connectivity index (χ3n) is 4.69. The van der Waals surface area contributed by atoms with Crippen LogP contribution in [0.2, 0.25) is 0 Å². The molecule has 0 saturated heterocycles. The van der Waals surface area contributed by atoms with Crippen LogP contribution in [0.5, 0.6) is 5.75 Å². The minimum atomic E-state index is -0.0741. The van der Waals surface area contributed by atoms with E-state index in [4.69, 9.17) is 14.2 Å². The number of thioether (sulfide) groups is 1. The normalized spacial score (nSPS) is 11.2. The van der Waals surface area contributed by atoms with Crippen LogP contribution in [0.4, 0.5) is 0 Å². The van der Waals surface area contributed by atoms with Crippen molar-refractivity contribution in [3.8, 4) is 17.3 Å². The van der Waals surface area contributed by atoms with Crippen molar-refractivity contribution in [2.45, 2.75) is 17.5 Å². The molecule has 0 amide bonds. The highest BCUT2D eigenvalue weighted by Gasteiger charge is 2.16. The van der Waals surface area contributed by atoms with Crippen LogP contribution in [0.3, 0.4) is 0 Å². The summed E-state index contributed by atoms with van der Waals surface area (Å²) in [7, 11) is 1.62. The van der Waals surface area contributed by atoms with Crippen LogP contribution < -0.4 is 10.3 Å². The average molecular weight is 464 g/mol. The van der Waals surface area contributed by atoms with Gasteiger partial charge in [-0.25, -0.2) is 4.98 Å². The summed E-state index contributed by atoms with van der Waals surface area (Å²) < 4.78 is 13.0. The van der Waals surface area contributed by atoms with Gasteiger partial charge in [-0.05, 0) is 41.3 Å². The Kier molecular flexibility index (Phi) is 5.70. The number of ether oxygens (including phenoxy) is 1. The first-order valence-corrected chi connectivity index (χ1v) is 11.6. The third kappa shape index (κ3) is 4.14. The molecule has 4 aromatic heterocycles. The summed E-state index contributed by atoms with van der Waals surface area (Å²) in [4.78, 5) is 26.6. The largest absolute Gasteiger partial charge is 0.497 e. The van der Waals surface area contributed by atoms with Crippen LogP contribution in [0.1, 0.15) is 11.5 Å². The highest BCUT2D eigenvalue weighted by molar-refractivity contribution is 7.98. The number of aromatic nitrogens is 5. The van der Waals surface area contributed by atoms with E-state index >= 15 is 0 Å². The van der Waals surface area contributed by atoms with E-state index in [0.29, 0.717) is 45.1 Å². The van der Waals surface area contributed by atoms with E-state index in [1.807, 2.05) is 53.9 Å². The number of hydrogen-bond acceptors (Lipinski definition) is 9. The lowest BCUT2D eigenvalue weighted by Gasteiger charge is -2.12. The van der Waals surface area contributed by atoms with Crippen molar-refractivity contribution in [2.75, 3.05) is 7.11 Å². The van der Waals surface area contributed by atoms with Gasteiger partial charge in [0.2, 0.25) is 11.7 Å². The Bertz CT molecular complexity index is 1430. The second-order valence-corrected chi connectivity index (χ2v) is 8.65. The molecule has 0 aliphatic heterocycles. The zero-order valence-electron chi connectivity index (χ0n) is 17.0. The van der Waals surface area contributed by atoms with E-state index < -0.39 is 0 Å². The first-order chi connectivity index (χ1) is 15.7. The molecule has 5 rings (SSSR count). The number of hydrogen-bond donors (Lipinski definition) is 0. The highest BCUT2D eigenvalue weighted by atomic mass is 32.2. The molecule has 32 heavy (non-hydrogen) atoms. The summed E-state index contributed by atoms with van der Waals surface area (Å²) in [5.74, 6) is 1.97. The second kappa shape index (κ2) is 8.93. The molecule has 160 valence electrons.